The Morgan fingerprint density at radius 2 is 2.10 bits per heavy atom. The monoisotopic (exact) mass is 352 g/mol. The van der Waals surface area contributed by atoms with Crippen LogP contribution in [-0.4, -0.2) is 12.2 Å². The molecule has 21 heavy (non-hydrogen) atoms. The molecule has 0 bridgehead atoms. The summed E-state index contributed by atoms with van der Waals surface area (Å²) in [5, 5.41) is 10.2. The molecule has 1 aliphatic heterocycles. The number of fused-ring (bicyclic) bond motifs is 1. The Kier molecular flexibility index (Phi) is 3.87. The zero-order valence-corrected chi connectivity index (χ0v) is 12.9. The Bertz CT molecular complexity index is 675. The molecule has 1 heterocycles. The molecule has 110 valence electrons. The molecule has 2 aromatic rings. The molecular formula is C16H14BrFO3. The lowest BCUT2D eigenvalue weighted by Crippen LogP contribution is -2.19. The minimum Gasteiger partial charge on any atom is -0.496 e. The van der Waals surface area contributed by atoms with Crippen molar-refractivity contribution in [3.63, 3.8) is 0 Å². The summed E-state index contributed by atoms with van der Waals surface area (Å²) >= 11 is 3.43. The molecule has 0 amide bonds. The summed E-state index contributed by atoms with van der Waals surface area (Å²) in [6.45, 7) is 0. The lowest BCUT2D eigenvalue weighted by molar-refractivity contribution is 0.0653. The summed E-state index contributed by atoms with van der Waals surface area (Å²) in [7, 11) is 1.60. The third-order valence-corrected chi connectivity index (χ3v) is 4.21. The van der Waals surface area contributed by atoms with Crippen LogP contribution < -0.4 is 9.47 Å². The maximum absolute atomic E-state index is 13.3. The quantitative estimate of drug-likeness (QED) is 0.882. The first-order valence-electron chi connectivity index (χ1n) is 6.56. The molecule has 3 nitrogen and oxygen atoms in total. The molecular weight excluding hydrogens is 339 g/mol. The molecule has 0 spiro atoms. The fourth-order valence-corrected chi connectivity index (χ4v) is 3.06. The van der Waals surface area contributed by atoms with Gasteiger partial charge < -0.3 is 14.6 Å². The molecule has 0 fully saturated rings. The first kappa shape index (κ1) is 14.4. The summed E-state index contributed by atoms with van der Waals surface area (Å²) in [4.78, 5) is 0. The average molecular weight is 353 g/mol. The van der Waals surface area contributed by atoms with Gasteiger partial charge in [0.05, 0.1) is 17.7 Å². The summed E-state index contributed by atoms with van der Waals surface area (Å²) in [5.74, 6) is 0.741. The van der Waals surface area contributed by atoms with Crippen molar-refractivity contribution in [1.29, 1.82) is 0 Å². The number of aliphatic hydroxyl groups excluding tert-OH is 1. The van der Waals surface area contributed by atoms with Crippen molar-refractivity contribution in [3.8, 4) is 11.5 Å². The maximum Gasteiger partial charge on any atom is 0.133 e. The predicted octanol–water partition coefficient (Wildman–Crippen LogP) is 4.15. The van der Waals surface area contributed by atoms with Gasteiger partial charge in [0.25, 0.3) is 0 Å². The minimum absolute atomic E-state index is 0.323. The lowest BCUT2D eigenvalue weighted by Gasteiger charge is -2.30. The number of halogens is 2. The van der Waals surface area contributed by atoms with Gasteiger partial charge in [-0.15, -0.1) is 0 Å². The molecule has 0 saturated carbocycles. The topological polar surface area (TPSA) is 38.7 Å². The SMILES string of the molecule is COc1ccc(C2CC(O)c3ccc(F)cc3O2)cc1Br. The number of hydrogen-bond acceptors (Lipinski definition) is 3. The van der Waals surface area contributed by atoms with Crippen LogP contribution in [0.15, 0.2) is 40.9 Å². The van der Waals surface area contributed by atoms with Crippen molar-refractivity contribution in [2.75, 3.05) is 7.11 Å². The molecule has 5 heteroatoms. The Morgan fingerprint density at radius 1 is 1.29 bits per heavy atom. The molecule has 0 saturated heterocycles. The van der Waals surface area contributed by atoms with E-state index in [0.717, 1.165) is 15.8 Å². The van der Waals surface area contributed by atoms with E-state index in [1.54, 1.807) is 13.2 Å². The highest BCUT2D eigenvalue weighted by Gasteiger charge is 2.28. The zero-order chi connectivity index (χ0) is 15.0. The second-order valence-corrected chi connectivity index (χ2v) is 5.79. The van der Waals surface area contributed by atoms with E-state index in [-0.39, 0.29) is 11.9 Å². The van der Waals surface area contributed by atoms with Crippen LogP contribution in [-0.2, 0) is 0 Å². The average Bonchev–Trinajstić information content (AvgIpc) is 2.46. The van der Waals surface area contributed by atoms with Crippen LogP contribution in [0.5, 0.6) is 11.5 Å². The zero-order valence-electron chi connectivity index (χ0n) is 11.3. The van der Waals surface area contributed by atoms with Gasteiger partial charge in [-0.05, 0) is 45.8 Å². The number of hydrogen-bond donors (Lipinski definition) is 1. The van der Waals surface area contributed by atoms with Gasteiger partial charge in [0.1, 0.15) is 23.4 Å². The van der Waals surface area contributed by atoms with E-state index in [0.29, 0.717) is 17.7 Å². The largest absolute Gasteiger partial charge is 0.496 e. The number of aliphatic hydroxyl groups is 1. The summed E-state index contributed by atoms with van der Waals surface area (Å²) < 4.78 is 25.2. The molecule has 1 N–H and O–H groups in total. The van der Waals surface area contributed by atoms with Crippen molar-refractivity contribution < 1.29 is 19.0 Å². The van der Waals surface area contributed by atoms with Gasteiger partial charge in [-0.3, -0.25) is 0 Å². The fraction of sp³-hybridized carbons (Fsp3) is 0.250. The van der Waals surface area contributed by atoms with Crippen molar-refractivity contribution in [2.45, 2.75) is 18.6 Å². The third kappa shape index (κ3) is 2.76. The van der Waals surface area contributed by atoms with Crippen LogP contribution >= 0.6 is 15.9 Å². The van der Waals surface area contributed by atoms with Crippen LogP contribution in [0.3, 0.4) is 0 Å². The van der Waals surface area contributed by atoms with Gasteiger partial charge in [0, 0.05) is 18.1 Å². The van der Waals surface area contributed by atoms with Gasteiger partial charge in [-0.25, -0.2) is 4.39 Å². The summed E-state index contributed by atoms with van der Waals surface area (Å²) in [6.07, 6.45) is -0.561. The Morgan fingerprint density at radius 3 is 2.81 bits per heavy atom. The minimum atomic E-state index is -0.666. The van der Waals surface area contributed by atoms with Crippen LogP contribution in [0.2, 0.25) is 0 Å². The number of benzene rings is 2. The van der Waals surface area contributed by atoms with Gasteiger partial charge >= 0.3 is 0 Å². The molecule has 1 aliphatic rings. The Hall–Kier alpha value is -1.59. The van der Waals surface area contributed by atoms with Crippen molar-refractivity contribution in [2.24, 2.45) is 0 Å². The van der Waals surface area contributed by atoms with E-state index in [9.17, 15) is 9.50 Å². The van der Waals surface area contributed by atoms with E-state index < -0.39 is 6.10 Å². The fourth-order valence-electron chi connectivity index (χ4n) is 2.50. The van der Waals surface area contributed by atoms with Crippen molar-refractivity contribution in [1.82, 2.24) is 0 Å². The number of ether oxygens (including phenoxy) is 2. The lowest BCUT2D eigenvalue weighted by atomic mass is 9.95. The van der Waals surface area contributed by atoms with Gasteiger partial charge in [-0.1, -0.05) is 6.07 Å². The van der Waals surface area contributed by atoms with E-state index in [1.807, 2.05) is 18.2 Å². The van der Waals surface area contributed by atoms with E-state index in [1.165, 1.54) is 12.1 Å². The molecule has 2 atom stereocenters. The van der Waals surface area contributed by atoms with Crippen LogP contribution in [0.25, 0.3) is 0 Å². The van der Waals surface area contributed by atoms with Crippen molar-refractivity contribution >= 4 is 15.9 Å². The first-order chi connectivity index (χ1) is 10.1. The highest BCUT2D eigenvalue weighted by Crippen LogP contribution is 2.42. The molecule has 0 radical (unpaired) electrons. The predicted molar refractivity (Wildman–Crippen MR) is 80.0 cm³/mol. The molecule has 2 unspecified atom stereocenters. The normalized spacial score (nSPS) is 20.6. The maximum atomic E-state index is 13.3. The molecule has 3 rings (SSSR count). The molecule has 2 aromatic carbocycles. The van der Waals surface area contributed by atoms with Crippen LogP contribution in [0, 0.1) is 5.82 Å². The van der Waals surface area contributed by atoms with E-state index >= 15 is 0 Å². The van der Waals surface area contributed by atoms with Crippen LogP contribution in [0.4, 0.5) is 4.39 Å². The summed E-state index contributed by atoms with van der Waals surface area (Å²) in [6, 6.07) is 9.80. The molecule has 0 aliphatic carbocycles. The Labute approximate surface area is 130 Å². The second-order valence-electron chi connectivity index (χ2n) is 4.93. The highest BCUT2D eigenvalue weighted by atomic mass is 79.9. The number of methoxy groups -OCH3 is 1. The highest BCUT2D eigenvalue weighted by molar-refractivity contribution is 9.10. The standard InChI is InChI=1S/C16H14BrFO3/c1-20-14-5-2-9(6-12(14)17)15-8-13(19)11-4-3-10(18)7-16(11)21-15/h2-7,13,15,19H,8H2,1H3. The first-order valence-corrected chi connectivity index (χ1v) is 7.35. The summed E-state index contributed by atoms with van der Waals surface area (Å²) in [5.41, 5.74) is 1.52. The van der Waals surface area contributed by atoms with E-state index in [4.69, 9.17) is 9.47 Å². The molecule has 0 aromatic heterocycles. The van der Waals surface area contributed by atoms with Gasteiger partial charge in [0.15, 0.2) is 0 Å². The second kappa shape index (κ2) is 5.66. The Balaban J connectivity index is 1.93. The van der Waals surface area contributed by atoms with E-state index in [2.05, 4.69) is 15.9 Å². The third-order valence-electron chi connectivity index (χ3n) is 3.59. The van der Waals surface area contributed by atoms with Crippen molar-refractivity contribution in [3.05, 3.63) is 57.8 Å². The number of rotatable bonds is 2. The van der Waals surface area contributed by atoms with Gasteiger partial charge in [0.2, 0.25) is 0 Å². The smallest absolute Gasteiger partial charge is 0.133 e. The van der Waals surface area contributed by atoms with Gasteiger partial charge in [-0.2, -0.15) is 0 Å². The van der Waals surface area contributed by atoms with Crippen LogP contribution in [0.1, 0.15) is 29.8 Å².